The van der Waals surface area contributed by atoms with Crippen molar-refractivity contribution < 1.29 is 4.79 Å². The number of amides is 1. The van der Waals surface area contributed by atoms with Gasteiger partial charge in [0.2, 0.25) is 0 Å². The lowest BCUT2D eigenvalue weighted by molar-refractivity contribution is 0.0650. The van der Waals surface area contributed by atoms with Gasteiger partial charge in [-0.2, -0.15) is 0 Å². The minimum Gasteiger partial charge on any atom is -0.330 e. The summed E-state index contributed by atoms with van der Waals surface area (Å²) in [4.78, 5) is 16.6. The summed E-state index contributed by atoms with van der Waals surface area (Å²) in [6.45, 7) is 6.83. The van der Waals surface area contributed by atoms with E-state index in [1.54, 1.807) is 16.0 Å². The molecule has 1 atom stereocenters. The third-order valence-corrected chi connectivity index (χ3v) is 6.08. The number of aryl methyl sites for hydroxylation is 1. The fraction of sp³-hybridized carbons (Fsp3) is 0.350. The van der Waals surface area contributed by atoms with Gasteiger partial charge in [-0.3, -0.25) is 4.79 Å². The van der Waals surface area contributed by atoms with Crippen LogP contribution in [-0.4, -0.2) is 32.3 Å². The molecule has 0 spiro atoms. The molecule has 5 nitrogen and oxygen atoms in total. The molecular weight excluding hydrogens is 344 g/mol. The number of carbonyl (C=O) groups excluding carboxylic acids is 1. The lowest BCUT2D eigenvalue weighted by Crippen LogP contribution is -2.39. The van der Waals surface area contributed by atoms with E-state index in [1.165, 1.54) is 10.4 Å². The Morgan fingerprint density at radius 1 is 1.31 bits per heavy atom. The number of aromatic nitrogens is 3. The molecule has 0 fully saturated rings. The molecule has 6 heteroatoms. The molecule has 0 aliphatic carbocycles. The summed E-state index contributed by atoms with van der Waals surface area (Å²) >= 11 is 1.79. The van der Waals surface area contributed by atoms with Gasteiger partial charge in [0.15, 0.2) is 5.69 Å². The van der Waals surface area contributed by atoms with Gasteiger partial charge in [-0.1, -0.05) is 24.3 Å². The number of carbonyl (C=O) groups is 1. The Labute approximate surface area is 157 Å². The summed E-state index contributed by atoms with van der Waals surface area (Å²) < 4.78 is 1.75. The first kappa shape index (κ1) is 17.0. The van der Waals surface area contributed by atoms with Crippen LogP contribution in [0.3, 0.4) is 0 Å². The average Bonchev–Trinajstić information content (AvgIpc) is 3.26. The van der Waals surface area contributed by atoms with E-state index in [0.29, 0.717) is 5.69 Å². The molecular formula is C20H22N4OS. The molecule has 0 radical (unpaired) electrons. The van der Waals surface area contributed by atoms with Crippen molar-refractivity contribution in [2.45, 2.75) is 39.7 Å². The van der Waals surface area contributed by atoms with Crippen molar-refractivity contribution >= 4 is 17.2 Å². The van der Waals surface area contributed by atoms with Crippen LogP contribution >= 0.6 is 11.3 Å². The molecule has 1 aromatic carbocycles. The summed E-state index contributed by atoms with van der Waals surface area (Å²) in [5, 5.41) is 10.6. The van der Waals surface area contributed by atoms with E-state index >= 15 is 0 Å². The second kappa shape index (κ2) is 6.68. The van der Waals surface area contributed by atoms with Gasteiger partial charge in [0.05, 0.1) is 17.4 Å². The quantitative estimate of drug-likeness (QED) is 0.701. The van der Waals surface area contributed by atoms with Crippen LogP contribution in [0, 0.1) is 13.8 Å². The Morgan fingerprint density at radius 2 is 2.15 bits per heavy atom. The highest BCUT2D eigenvalue weighted by molar-refractivity contribution is 7.10. The molecule has 3 aromatic rings. The van der Waals surface area contributed by atoms with Crippen LogP contribution in [0.4, 0.5) is 0 Å². The predicted molar refractivity (Wildman–Crippen MR) is 103 cm³/mol. The van der Waals surface area contributed by atoms with Crippen molar-refractivity contribution in [2.75, 3.05) is 6.54 Å². The van der Waals surface area contributed by atoms with E-state index in [-0.39, 0.29) is 11.9 Å². The van der Waals surface area contributed by atoms with E-state index in [4.69, 9.17) is 0 Å². The molecule has 0 N–H and O–H groups in total. The standard InChI is InChI=1S/C20H22N4OS/c1-4-17-16-9-11-26-18(16)8-10-23(17)20(25)19-14(3)24(22-21-19)15-7-5-6-13(2)12-15/h5-7,9,11-12,17H,4,8,10H2,1-3H3. The highest BCUT2D eigenvalue weighted by atomic mass is 32.1. The summed E-state index contributed by atoms with van der Waals surface area (Å²) in [6.07, 6.45) is 1.82. The maximum Gasteiger partial charge on any atom is 0.276 e. The van der Waals surface area contributed by atoms with E-state index in [1.807, 2.05) is 43.0 Å². The van der Waals surface area contributed by atoms with Gasteiger partial charge in [-0.25, -0.2) is 4.68 Å². The van der Waals surface area contributed by atoms with Crippen molar-refractivity contribution in [3.8, 4) is 5.69 Å². The first-order valence-corrected chi connectivity index (χ1v) is 9.84. The predicted octanol–water partition coefficient (Wildman–Crippen LogP) is 4.10. The van der Waals surface area contributed by atoms with Gasteiger partial charge >= 0.3 is 0 Å². The lowest BCUT2D eigenvalue weighted by atomic mass is 9.97. The minimum atomic E-state index is -0.0231. The van der Waals surface area contributed by atoms with E-state index in [0.717, 1.165) is 36.3 Å². The number of nitrogens with zero attached hydrogens (tertiary/aromatic N) is 4. The molecule has 1 aliphatic heterocycles. The van der Waals surface area contributed by atoms with Crippen molar-refractivity contribution in [1.29, 1.82) is 0 Å². The van der Waals surface area contributed by atoms with Crippen LogP contribution in [0.2, 0.25) is 0 Å². The molecule has 1 aliphatic rings. The van der Waals surface area contributed by atoms with Crippen LogP contribution in [-0.2, 0) is 6.42 Å². The zero-order valence-electron chi connectivity index (χ0n) is 15.3. The molecule has 0 saturated carbocycles. The van der Waals surface area contributed by atoms with Gasteiger partial charge < -0.3 is 4.90 Å². The zero-order valence-corrected chi connectivity index (χ0v) is 16.1. The van der Waals surface area contributed by atoms with E-state index < -0.39 is 0 Å². The normalized spacial score (nSPS) is 16.6. The molecule has 4 rings (SSSR count). The molecule has 3 heterocycles. The molecule has 1 amide bonds. The maximum absolute atomic E-state index is 13.2. The summed E-state index contributed by atoms with van der Waals surface area (Å²) in [5.74, 6) is -0.0231. The average molecular weight is 366 g/mol. The molecule has 2 aromatic heterocycles. The lowest BCUT2D eigenvalue weighted by Gasteiger charge is -2.35. The van der Waals surface area contributed by atoms with Crippen LogP contribution in [0.25, 0.3) is 5.69 Å². The van der Waals surface area contributed by atoms with Gasteiger partial charge in [-0.05, 0) is 61.4 Å². The SMILES string of the molecule is CCC1c2ccsc2CCN1C(=O)c1nnn(-c2cccc(C)c2)c1C. The Bertz CT molecular complexity index is 958. The Hall–Kier alpha value is -2.47. The monoisotopic (exact) mass is 366 g/mol. The van der Waals surface area contributed by atoms with Crippen molar-refractivity contribution in [2.24, 2.45) is 0 Å². The number of benzene rings is 1. The fourth-order valence-corrected chi connectivity index (χ4v) is 4.68. The van der Waals surface area contributed by atoms with Crippen LogP contribution in [0.5, 0.6) is 0 Å². The van der Waals surface area contributed by atoms with E-state index in [9.17, 15) is 4.79 Å². The highest BCUT2D eigenvalue weighted by Crippen LogP contribution is 2.36. The van der Waals surface area contributed by atoms with Crippen LogP contribution < -0.4 is 0 Å². The number of rotatable bonds is 3. The summed E-state index contributed by atoms with van der Waals surface area (Å²) in [5.41, 5.74) is 4.60. The van der Waals surface area contributed by atoms with Crippen molar-refractivity contribution in [3.05, 3.63) is 63.1 Å². The largest absolute Gasteiger partial charge is 0.330 e. The number of fused-ring (bicyclic) bond motifs is 1. The molecule has 0 saturated heterocycles. The first-order valence-electron chi connectivity index (χ1n) is 8.96. The van der Waals surface area contributed by atoms with Gasteiger partial charge in [0.1, 0.15) is 0 Å². The molecule has 1 unspecified atom stereocenters. The van der Waals surface area contributed by atoms with Crippen molar-refractivity contribution in [1.82, 2.24) is 19.9 Å². The molecule has 26 heavy (non-hydrogen) atoms. The minimum absolute atomic E-state index is 0.0231. The smallest absolute Gasteiger partial charge is 0.276 e. The third-order valence-electron chi connectivity index (χ3n) is 5.09. The molecule has 0 bridgehead atoms. The van der Waals surface area contributed by atoms with Crippen molar-refractivity contribution in [3.63, 3.8) is 0 Å². The number of hydrogen-bond acceptors (Lipinski definition) is 4. The fourth-order valence-electron chi connectivity index (χ4n) is 3.75. The molecule has 134 valence electrons. The van der Waals surface area contributed by atoms with Crippen LogP contribution in [0.1, 0.15) is 51.6 Å². The Kier molecular flexibility index (Phi) is 4.36. The second-order valence-electron chi connectivity index (χ2n) is 6.75. The Balaban J connectivity index is 1.67. The number of hydrogen-bond donors (Lipinski definition) is 0. The van der Waals surface area contributed by atoms with E-state index in [2.05, 4.69) is 28.7 Å². The van der Waals surface area contributed by atoms with Gasteiger partial charge in [0, 0.05) is 11.4 Å². The first-order chi connectivity index (χ1) is 12.6. The van der Waals surface area contributed by atoms with Crippen LogP contribution in [0.15, 0.2) is 35.7 Å². The Morgan fingerprint density at radius 3 is 2.92 bits per heavy atom. The summed E-state index contributed by atoms with van der Waals surface area (Å²) in [7, 11) is 0. The topological polar surface area (TPSA) is 51.0 Å². The maximum atomic E-state index is 13.2. The third kappa shape index (κ3) is 2.74. The zero-order chi connectivity index (χ0) is 18.3. The highest BCUT2D eigenvalue weighted by Gasteiger charge is 2.33. The number of thiophene rings is 1. The summed E-state index contributed by atoms with van der Waals surface area (Å²) in [6, 6.07) is 10.3. The second-order valence-corrected chi connectivity index (χ2v) is 7.75. The van der Waals surface area contributed by atoms with Gasteiger partial charge in [-0.15, -0.1) is 16.4 Å². The van der Waals surface area contributed by atoms with Gasteiger partial charge in [0.25, 0.3) is 5.91 Å².